The molecule has 0 aliphatic carbocycles. The van der Waals surface area contributed by atoms with Crippen LogP contribution in [0.2, 0.25) is 0 Å². The fourth-order valence-electron chi connectivity index (χ4n) is 1.79. The number of H-pyrrole nitrogens is 1. The van der Waals surface area contributed by atoms with Gasteiger partial charge in [-0.2, -0.15) is 15.4 Å². The maximum absolute atomic E-state index is 10.3. The van der Waals surface area contributed by atoms with E-state index < -0.39 is 5.60 Å². The highest BCUT2D eigenvalue weighted by Crippen LogP contribution is 2.29. The summed E-state index contributed by atoms with van der Waals surface area (Å²) in [6, 6.07) is 5.69. The summed E-state index contributed by atoms with van der Waals surface area (Å²) in [5.74, 6) is 0. The Kier molecular flexibility index (Phi) is 2.44. The predicted octanol–water partition coefficient (Wildman–Crippen LogP) is 1.97. The van der Waals surface area contributed by atoms with Crippen LogP contribution in [0.25, 0.3) is 11.0 Å². The van der Waals surface area contributed by atoms with E-state index >= 15 is 0 Å². The molecule has 0 aliphatic heterocycles. The average Bonchev–Trinajstić information content (AvgIpc) is 2.74. The predicted molar refractivity (Wildman–Crippen MR) is 58.4 cm³/mol. The molecule has 0 atom stereocenters. The Bertz CT molecular complexity index is 460. The molecule has 0 saturated carbocycles. The van der Waals surface area contributed by atoms with E-state index in [1.54, 1.807) is 0 Å². The minimum atomic E-state index is -0.743. The number of nitrogens with one attached hydrogen (secondary N) is 1. The molecular weight excluding hydrogens is 190 g/mol. The quantitative estimate of drug-likeness (QED) is 0.805. The van der Waals surface area contributed by atoms with Crippen molar-refractivity contribution < 1.29 is 5.11 Å². The van der Waals surface area contributed by atoms with E-state index in [1.807, 2.05) is 32.0 Å². The molecule has 0 fully saturated rings. The summed E-state index contributed by atoms with van der Waals surface area (Å²) >= 11 is 0. The molecule has 0 saturated heterocycles. The molecule has 4 heteroatoms. The molecule has 0 unspecified atom stereocenters. The molecule has 0 bridgehead atoms. The topological polar surface area (TPSA) is 61.8 Å². The van der Waals surface area contributed by atoms with Crippen LogP contribution in [0.15, 0.2) is 18.2 Å². The number of rotatable bonds is 3. The first-order valence-corrected chi connectivity index (χ1v) is 5.23. The fraction of sp³-hybridized carbons (Fsp3) is 0.455. The molecule has 2 aromatic rings. The van der Waals surface area contributed by atoms with Gasteiger partial charge < -0.3 is 5.11 Å². The molecular formula is C11H15N3O. The van der Waals surface area contributed by atoms with Crippen molar-refractivity contribution in [3.63, 3.8) is 0 Å². The van der Waals surface area contributed by atoms with E-state index in [0.29, 0.717) is 12.8 Å². The van der Waals surface area contributed by atoms with Gasteiger partial charge in [-0.05, 0) is 30.5 Å². The summed E-state index contributed by atoms with van der Waals surface area (Å²) in [6.45, 7) is 3.97. The first kappa shape index (κ1) is 10.1. The SMILES string of the molecule is CCC(O)(CC)c1ccc2n[nH]nc2c1. The van der Waals surface area contributed by atoms with Crippen molar-refractivity contribution in [2.75, 3.05) is 0 Å². The van der Waals surface area contributed by atoms with Crippen LogP contribution in [0.3, 0.4) is 0 Å². The number of aromatic nitrogens is 3. The number of aromatic amines is 1. The second-order valence-corrected chi connectivity index (χ2v) is 3.77. The smallest absolute Gasteiger partial charge is 0.113 e. The lowest BCUT2D eigenvalue weighted by molar-refractivity contribution is 0.0285. The van der Waals surface area contributed by atoms with Crippen molar-refractivity contribution in [1.82, 2.24) is 15.4 Å². The van der Waals surface area contributed by atoms with Gasteiger partial charge in [0.15, 0.2) is 0 Å². The minimum Gasteiger partial charge on any atom is -0.385 e. The normalized spacial score (nSPS) is 12.2. The molecule has 1 aromatic heterocycles. The molecule has 4 nitrogen and oxygen atoms in total. The molecule has 0 radical (unpaired) electrons. The standard InChI is InChI=1S/C11H15N3O/c1-3-11(15,4-2)8-5-6-9-10(7-8)13-14-12-9/h5-7,15H,3-4H2,1-2H3,(H,12,13,14). The van der Waals surface area contributed by atoms with Crippen LogP contribution < -0.4 is 0 Å². The van der Waals surface area contributed by atoms with Crippen molar-refractivity contribution >= 4 is 11.0 Å². The zero-order chi connectivity index (χ0) is 10.9. The first-order valence-electron chi connectivity index (χ1n) is 5.23. The van der Waals surface area contributed by atoms with E-state index in [9.17, 15) is 5.11 Å². The second-order valence-electron chi connectivity index (χ2n) is 3.77. The van der Waals surface area contributed by atoms with Gasteiger partial charge in [-0.25, -0.2) is 0 Å². The summed E-state index contributed by atoms with van der Waals surface area (Å²) < 4.78 is 0. The van der Waals surface area contributed by atoms with Gasteiger partial charge in [0.25, 0.3) is 0 Å². The Labute approximate surface area is 88.3 Å². The summed E-state index contributed by atoms with van der Waals surface area (Å²) in [5.41, 5.74) is 1.79. The third kappa shape index (κ3) is 1.61. The monoisotopic (exact) mass is 205 g/mol. The maximum atomic E-state index is 10.3. The van der Waals surface area contributed by atoms with Crippen LogP contribution in [0.1, 0.15) is 32.3 Å². The van der Waals surface area contributed by atoms with Gasteiger partial charge >= 0.3 is 0 Å². The van der Waals surface area contributed by atoms with Crippen molar-refractivity contribution in [2.45, 2.75) is 32.3 Å². The minimum absolute atomic E-state index is 0.701. The molecule has 0 aliphatic rings. The van der Waals surface area contributed by atoms with Gasteiger partial charge in [-0.1, -0.05) is 19.9 Å². The van der Waals surface area contributed by atoms with E-state index in [1.165, 1.54) is 0 Å². The summed E-state index contributed by atoms with van der Waals surface area (Å²) in [5, 5.41) is 20.9. The molecule has 0 amide bonds. The molecule has 80 valence electrons. The van der Waals surface area contributed by atoms with Gasteiger partial charge in [-0.3, -0.25) is 0 Å². The second kappa shape index (κ2) is 3.62. The number of hydrogen-bond acceptors (Lipinski definition) is 3. The van der Waals surface area contributed by atoms with Crippen LogP contribution >= 0.6 is 0 Å². The zero-order valence-electron chi connectivity index (χ0n) is 8.99. The Morgan fingerprint density at radius 3 is 2.53 bits per heavy atom. The van der Waals surface area contributed by atoms with Crippen molar-refractivity contribution in [3.05, 3.63) is 23.8 Å². The van der Waals surface area contributed by atoms with Crippen LogP contribution in [0, 0.1) is 0 Å². The Hall–Kier alpha value is -1.42. The average molecular weight is 205 g/mol. The highest BCUT2D eigenvalue weighted by molar-refractivity contribution is 5.74. The Morgan fingerprint density at radius 1 is 1.20 bits per heavy atom. The molecule has 2 N–H and O–H groups in total. The number of nitrogens with zero attached hydrogens (tertiary/aromatic N) is 2. The third-order valence-electron chi connectivity index (χ3n) is 3.02. The summed E-state index contributed by atoms with van der Waals surface area (Å²) in [6.07, 6.45) is 1.40. The third-order valence-corrected chi connectivity index (χ3v) is 3.02. The lowest BCUT2D eigenvalue weighted by Crippen LogP contribution is -2.23. The number of benzene rings is 1. The van der Waals surface area contributed by atoms with Crippen LogP contribution in [0.4, 0.5) is 0 Å². The highest BCUT2D eigenvalue weighted by atomic mass is 16.3. The molecule has 2 rings (SSSR count). The van der Waals surface area contributed by atoms with Crippen LogP contribution in [-0.4, -0.2) is 20.5 Å². The van der Waals surface area contributed by atoms with Gasteiger partial charge in [0, 0.05) is 0 Å². The van der Waals surface area contributed by atoms with E-state index in [4.69, 9.17) is 0 Å². The Balaban J connectivity index is 2.51. The van der Waals surface area contributed by atoms with Gasteiger partial charge in [0.2, 0.25) is 0 Å². The molecule has 1 aromatic carbocycles. The molecule has 0 spiro atoms. The molecule has 15 heavy (non-hydrogen) atoms. The van der Waals surface area contributed by atoms with Crippen LogP contribution in [0.5, 0.6) is 0 Å². The fourth-order valence-corrected chi connectivity index (χ4v) is 1.79. The van der Waals surface area contributed by atoms with Crippen LogP contribution in [-0.2, 0) is 5.60 Å². The highest BCUT2D eigenvalue weighted by Gasteiger charge is 2.25. The first-order chi connectivity index (χ1) is 7.19. The lowest BCUT2D eigenvalue weighted by Gasteiger charge is -2.25. The lowest BCUT2D eigenvalue weighted by atomic mass is 9.88. The number of aliphatic hydroxyl groups is 1. The van der Waals surface area contributed by atoms with E-state index in [2.05, 4.69) is 15.4 Å². The largest absolute Gasteiger partial charge is 0.385 e. The van der Waals surface area contributed by atoms with Gasteiger partial charge in [0.1, 0.15) is 11.0 Å². The summed E-state index contributed by atoms with van der Waals surface area (Å²) in [4.78, 5) is 0. The van der Waals surface area contributed by atoms with Crippen molar-refractivity contribution in [2.24, 2.45) is 0 Å². The summed E-state index contributed by atoms with van der Waals surface area (Å²) in [7, 11) is 0. The van der Waals surface area contributed by atoms with E-state index in [-0.39, 0.29) is 0 Å². The van der Waals surface area contributed by atoms with Gasteiger partial charge in [0.05, 0.1) is 5.60 Å². The van der Waals surface area contributed by atoms with Crippen molar-refractivity contribution in [1.29, 1.82) is 0 Å². The maximum Gasteiger partial charge on any atom is 0.113 e. The van der Waals surface area contributed by atoms with E-state index in [0.717, 1.165) is 16.6 Å². The Morgan fingerprint density at radius 2 is 1.87 bits per heavy atom. The number of hydrogen-bond donors (Lipinski definition) is 2. The van der Waals surface area contributed by atoms with Crippen molar-refractivity contribution in [3.8, 4) is 0 Å². The van der Waals surface area contributed by atoms with Gasteiger partial charge in [-0.15, -0.1) is 0 Å². The zero-order valence-corrected chi connectivity index (χ0v) is 8.99. The molecule has 1 heterocycles. The number of fused-ring (bicyclic) bond motifs is 1.